The minimum Gasteiger partial charge on any atom is -0.429 e. The molecule has 0 aliphatic carbocycles. The highest BCUT2D eigenvalue weighted by Gasteiger charge is 2.28. The number of aromatic nitrogens is 1. The number of rotatable bonds is 5. The first-order chi connectivity index (χ1) is 13.5. The third-order valence-corrected chi connectivity index (χ3v) is 7.99. The maximum absolute atomic E-state index is 13.0. The van der Waals surface area contributed by atoms with E-state index in [0.717, 1.165) is 18.5 Å². The first-order valence-electron chi connectivity index (χ1n) is 9.96. The number of ether oxygens (including phenoxy) is 1. The van der Waals surface area contributed by atoms with E-state index in [1.54, 1.807) is 18.2 Å². The van der Waals surface area contributed by atoms with Crippen molar-refractivity contribution in [2.45, 2.75) is 50.2 Å². The van der Waals surface area contributed by atoms with E-state index in [2.05, 4.69) is 11.8 Å². The highest BCUT2D eigenvalue weighted by Crippen LogP contribution is 2.26. The van der Waals surface area contributed by atoms with Crippen LogP contribution in [-0.2, 0) is 21.4 Å². The summed E-state index contributed by atoms with van der Waals surface area (Å²) in [5.41, 5.74) is 1.36. The third-order valence-electron chi connectivity index (χ3n) is 5.79. The molecule has 0 bridgehead atoms. The Kier molecular flexibility index (Phi) is 5.89. The molecule has 154 valence electrons. The summed E-state index contributed by atoms with van der Waals surface area (Å²) >= 11 is 5.45. The summed E-state index contributed by atoms with van der Waals surface area (Å²) in [4.78, 5) is 3.09. The van der Waals surface area contributed by atoms with Crippen LogP contribution in [0.2, 0.25) is 0 Å². The predicted molar refractivity (Wildman–Crippen MR) is 109 cm³/mol. The van der Waals surface area contributed by atoms with Crippen LogP contribution in [0.4, 0.5) is 0 Å². The SMILES string of the molecule is CC[C@H]1CCCCN1Cn1c(=S)oc2ccc(S(=O)(=O)N3CCOCC3)cc21. The zero-order valence-corrected chi connectivity index (χ0v) is 17.8. The molecule has 1 aromatic carbocycles. The van der Waals surface area contributed by atoms with Gasteiger partial charge in [0.2, 0.25) is 10.0 Å². The van der Waals surface area contributed by atoms with Crippen LogP contribution in [0.3, 0.4) is 0 Å². The van der Waals surface area contributed by atoms with Gasteiger partial charge in [0.05, 0.1) is 30.3 Å². The Hall–Kier alpha value is -1.26. The lowest BCUT2D eigenvalue weighted by atomic mass is 10.0. The van der Waals surface area contributed by atoms with Gasteiger partial charge < -0.3 is 9.15 Å². The van der Waals surface area contributed by atoms with Gasteiger partial charge >= 0.3 is 0 Å². The Labute approximate surface area is 170 Å². The number of fused-ring (bicyclic) bond motifs is 1. The molecule has 3 heterocycles. The van der Waals surface area contributed by atoms with E-state index >= 15 is 0 Å². The number of likely N-dealkylation sites (tertiary alicyclic amines) is 1. The summed E-state index contributed by atoms with van der Waals surface area (Å²) in [6, 6.07) is 5.54. The molecule has 2 fully saturated rings. The van der Waals surface area contributed by atoms with Crippen molar-refractivity contribution in [2.24, 2.45) is 0 Å². The van der Waals surface area contributed by atoms with Crippen LogP contribution in [0.25, 0.3) is 11.1 Å². The van der Waals surface area contributed by atoms with Crippen LogP contribution in [-0.4, -0.2) is 61.1 Å². The normalized spacial score (nSPS) is 22.7. The van der Waals surface area contributed by atoms with E-state index in [4.69, 9.17) is 21.4 Å². The molecule has 0 saturated carbocycles. The molecule has 28 heavy (non-hydrogen) atoms. The van der Waals surface area contributed by atoms with E-state index in [1.165, 1.54) is 23.6 Å². The van der Waals surface area contributed by atoms with Crippen LogP contribution >= 0.6 is 12.2 Å². The molecule has 0 spiro atoms. The Morgan fingerprint density at radius 3 is 2.71 bits per heavy atom. The number of sulfonamides is 1. The molecule has 1 atom stereocenters. The Morgan fingerprint density at radius 2 is 1.96 bits per heavy atom. The number of piperidine rings is 1. The molecule has 0 unspecified atom stereocenters. The summed E-state index contributed by atoms with van der Waals surface area (Å²) in [6.07, 6.45) is 4.72. The molecule has 9 heteroatoms. The van der Waals surface area contributed by atoms with E-state index in [1.807, 2.05) is 4.57 Å². The molecule has 0 radical (unpaired) electrons. The second-order valence-electron chi connectivity index (χ2n) is 7.45. The van der Waals surface area contributed by atoms with Crippen molar-refractivity contribution in [1.29, 1.82) is 0 Å². The van der Waals surface area contributed by atoms with E-state index in [9.17, 15) is 8.42 Å². The molecular weight excluding hydrogens is 398 g/mol. The largest absolute Gasteiger partial charge is 0.429 e. The van der Waals surface area contributed by atoms with Crippen molar-refractivity contribution in [3.05, 3.63) is 23.0 Å². The number of hydrogen-bond acceptors (Lipinski definition) is 6. The summed E-state index contributed by atoms with van der Waals surface area (Å²) in [6.45, 7) is 5.48. The van der Waals surface area contributed by atoms with Gasteiger partial charge in [-0.2, -0.15) is 4.31 Å². The smallest absolute Gasteiger partial charge is 0.270 e. The fourth-order valence-electron chi connectivity index (χ4n) is 4.16. The third kappa shape index (κ3) is 3.78. The zero-order valence-electron chi connectivity index (χ0n) is 16.2. The molecule has 0 amide bonds. The first-order valence-corrected chi connectivity index (χ1v) is 11.8. The second-order valence-corrected chi connectivity index (χ2v) is 9.74. The van der Waals surface area contributed by atoms with E-state index in [-0.39, 0.29) is 4.90 Å². The van der Waals surface area contributed by atoms with Crippen LogP contribution in [0.5, 0.6) is 0 Å². The summed E-state index contributed by atoms with van der Waals surface area (Å²) in [5, 5.41) is 0. The number of oxazole rings is 1. The maximum Gasteiger partial charge on any atom is 0.270 e. The van der Waals surface area contributed by atoms with E-state index < -0.39 is 10.0 Å². The molecule has 2 aliphatic rings. The number of hydrogen-bond donors (Lipinski definition) is 0. The Balaban J connectivity index is 1.69. The monoisotopic (exact) mass is 425 g/mol. The molecule has 2 aromatic rings. The summed E-state index contributed by atoms with van der Waals surface area (Å²) in [7, 11) is -3.56. The highest BCUT2D eigenvalue weighted by atomic mass is 32.2. The molecule has 1 aromatic heterocycles. The van der Waals surface area contributed by atoms with Gasteiger partial charge in [-0.05, 0) is 49.7 Å². The van der Waals surface area contributed by atoms with Crippen LogP contribution in [0.15, 0.2) is 27.5 Å². The Morgan fingerprint density at radius 1 is 1.18 bits per heavy atom. The molecule has 4 rings (SSSR count). The summed E-state index contributed by atoms with van der Waals surface area (Å²) < 4.78 is 40.5. The average Bonchev–Trinajstić information content (AvgIpc) is 3.03. The van der Waals surface area contributed by atoms with Gasteiger partial charge in [0.1, 0.15) is 0 Å². The zero-order chi connectivity index (χ0) is 19.7. The van der Waals surface area contributed by atoms with Crippen molar-refractivity contribution in [3.63, 3.8) is 0 Å². The Bertz CT molecular complexity index is 992. The van der Waals surface area contributed by atoms with Gasteiger partial charge in [-0.1, -0.05) is 13.3 Å². The van der Waals surface area contributed by atoms with Crippen molar-refractivity contribution in [2.75, 3.05) is 32.8 Å². The van der Waals surface area contributed by atoms with Crippen molar-refractivity contribution in [3.8, 4) is 0 Å². The second kappa shape index (κ2) is 8.23. The summed E-state index contributed by atoms with van der Waals surface area (Å²) in [5.74, 6) is 0. The number of nitrogens with zero attached hydrogens (tertiary/aromatic N) is 3. The number of morpholine rings is 1. The fourth-order valence-corrected chi connectivity index (χ4v) is 5.84. The standard InChI is InChI=1S/C19H27N3O4S2/c1-2-15-5-3-4-8-20(15)14-22-17-13-16(6-7-18(17)26-19(22)27)28(23,24)21-9-11-25-12-10-21/h6-7,13,15H,2-5,8-12,14H2,1H3/t15-/m0/s1. The number of benzene rings is 1. The fraction of sp³-hybridized carbons (Fsp3) is 0.632. The van der Waals surface area contributed by atoms with Crippen molar-refractivity contribution in [1.82, 2.24) is 13.8 Å². The minimum atomic E-state index is -3.56. The first kappa shape index (κ1) is 20.0. The molecule has 0 N–H and O–H groups in total. The van der Waals surface area contributed by atoms with Gasteiger partial charge in [-0.25, -0.2) is 8.42 Å². The lowest BCUT2D eigenvalue weighted by molar-refractivity contribution is 0.0730. The topological polar surface area (TPSA) is 67.9 Å². The van der Waals surface area contributed by atoms with Gasteiger partial charge in [-0.3, -0.25) is 9.47 Å². The molecular formula is C19H27N3O4S2. The van der Waals surface area contributed by atoms with Crippen LogP contribution in [0, 0.1) is 4.84 Å². The van der Waals surface area contributed by atoms with Crippen LogP contribution < -0.4 is 0 Å². The van der Waals surface area contributed by atoms with Gasteiger partial charge in [0.25, 0.3) is 4.84 Å². The van der Waals surface area contributed by atoms with E-state index in [0.29, 0.717) is 49.4 Å². The highest BCUT2D eigenvalue weighted by molar-refractivity contribution is 7.89. The predicted octanol–water partition coefficient (Wildman–Crippen LogP) is 3.21. The maximum atomic E-state index is 13.0. The average molecular weight is 426 g/mol. The minimum absolute atomic E-state index is 0.275. The molecule has 2 aliphatic heterocycles. The lowest BCUT2D eigenvalue weighted by Crippen LogP contribution is -2.40. The molecule has 2 saturated heterocycles. The lowest BCUT2D eigenvalue weighted by Gasteiger charge is -2.35. The van der Waals surface area contributed by atoms with Gasteiger partial charge in [0, 0.05) is 25.7 Å². The van der Waals surface area contributed by atoms with Gasteiger partial charge in [0.15, 0.2) is 5.58 Å². The van der Waals surface area contributed by atoms with Crippen LogP contribution in [0.1, 0.15) is 32.6 Å². The van der Waals surface area contributed by atoms with Crippen molar-refractivity contribution < 1.29 is 17.6 Å². The van der Waals surface area contributed by atoms with Crippen molar-refractivity contribution >= 4 is 33.3 Å². The quantitative estimate of drug-likeness (QED) is 0.686. The molecule has 7 nitrogen and oxygen atoms in total. The van der Waals surface area contributed by atoms with Gasteiger partial charge in [-0.15, -0.1) is 0 Å².